The number of carbonyl (C=O) groups is 1. The van der Waals surface area contributed by atoms with E-state index in [0.717, 1.165) is 5.39 Å². The molecule has 1 amide bonds. The normalized spacial score (nSPS) is 18.2. The fourth-order valence-corrected chi connectivity index (χ4v) is 2.84. The molecule has 1 fully saturated rings. The first-order chi connectivity index (χ1) is 12.1. The number of ether oxygens (including phenoxy) is 1. The number of morpholine rings is 1. The molecule has 0 aliphatic carbocycles. The Morgan fingerprint density at radius 1 is 1.24 bits per heavy atom. The lowest BCUT2D eigenvalue weighted by atomic mass is 10.2. The molecule has 0 bridgehead atoms. The molecule has 1 aliphatic heterocycles. The number of para-hydroxylation sites is 1. The summed E-state index contributed by atoms with van der Waals surface area (Å²) in [4.78, 5) is 14.5. The van der Waals surface area contributed by atoms with E-state index >= 15 is 0 Å². The average molecular weight is 341 g/mol. The fraction of sp³-hybridized carbons (Fsp3) is 0.389. The number of hydrogen-bond acceptors (Lipinski definition) is 6. The standard InChI is InChI=1S/C18H19N3O4/c1-11(2)16-19-20-17(25-16)15-10-21(7-8-23-15)18(22)14-9-12-5-3-4-6-13(12)24-14/h3-6,9,11,15H,7-8,10H2,1-2H3/t15-/m1/s1. The van der Waals surface area contributed by atoms with E-state index in [1.807, 2.05) is 38.1 Å². The number of amides is 1. The van der Waals surface area contributed by atoms with Crippen LogP contribution in [0.15, 0.2) is 39.2 Å². The quantitative estimate of drug-likeness (QED) is 0.728. The van der Waals surface area contributed by atoms with Crippen LogP contribution in [-0.4, -0.2) is 40.7 Å². The van der Waals surface area contributed by atoms with Gasteiger partial charge in [-0.25, -0.2) is 0 Å². The summed E-state index contributed by atoms with van der Waals surface area (Å²) in [7, 11) is 0. The van der Waals surface area contributed by atoms with E-state index in [2.05, 4.69) is 10.2 Å². The molecule has 7 heteroatoms. The Morgan fingerprint density at radius 2 is 2.08 bits per heavy atom. The van der Waals surface area contributed by atoms with Gasteiger partial charge in [0, 0.05) is 17.8 Å². The van der Waals surface area contributed by atoms with Crippen LogP contribution >= 0.6 is 0 Å². The molecule has 25 heavy (non-hydrogen) atoms. The smallest absolute Gasteiger partial charge is 0.289 e. The number of furan rings is 1. The van der Waals surface area contributed by atoms with Crippen LogP contribution in [0.1, 0.15) is 48.2 Å². The summed E-state index contributed by atoms with van der Waals surface area (Å²) in [5, 5.41) is 9.00. The highest BCUT2D eigenvalue weighted by Gasteiger charge is 2.31. The van der Waals surface area contributed by atoms with Gasteiger partial charge >= 0.3 is 0 Å². The van der Waals surface area contributed by atoms with Gasteiger partial charge in [-0.2, -0.15) is 0 Å². The molecule has 1 atom stereocenters. The summed E-state index contributed by atoms with van der Waals surface area (Å²) >= 11 is 0. The van der Waals surface area contributed by atoms with Crippen molar-refractivity contribution in [2.75, 3.05) is 19.7 Å². The molecule has 1 saturated heterocycles. The Morgan fingerprint density at radius 3 is 2.84 bits per heavy atom. The topological polar surface area (TPSA) is 81.6 Å². The second-order valence-corrected chi connectivity index (χ2v) is 6.39. The number of carbonyl (C=O) groups excluding carboxylic acids is 1. The maximum absolute atomic E-state index is 12.8. The predicted octanol–water partition coefficient (Wildman–Crippen LogP) is 3.15. The highest BCUT2D eigenvalue weighted by atomic mass is 16.5. The summed E-state index contributed by atoms with van der Waals surface area (Å²) in [5.41, 5.74) is 0.703. The van der Waals surface area contributed by atoms with Crippen LogP contribution in [-0.2, 0) is 4.74 Å². The molecule has 0 N–H and O–H groups in total. The van der Waals surface area contributed by atoms with Crippen LogP contribution in [0.3, 0.4) is 0 Å². The van der Waals surface area contributed by atoms with Crippen molar-refractivity contribution >= 4 is 16.9 Å². The van der Waals surface area contributed by atoms with Crippen molar-refractivity contribution in [1.82, 2.24) is 15.1 Å². The van der Waals surface area contributed by atoms with E-state index in [9.17, 15) is 4.79 Å². The van der Waals surface area contributed by atoms with Crippen LogP contribution in [0.2, 0.25) is 0 Å². The first-order valence-electron chi connectivity index (χ1n) is 8.34. The minimum Gasteiger partial charge on any atom is -0.451 e. The van der Waals surface area contributed by atoms with Gasteiger partial charge in [0.25, 0.3) is 5.91 Å². The molecule has 3 aromatic rings. The van der Waals surface area contributed by atoms with Gasteiger partial charge in [0.2, 0.25) is 11.8 Å². The average Bonchev–Trinajstić information content (AvgIpc) is 3.28. The molecule has 7 nitrogen and oxygen atoms in total. The molecule has 0 saturated carbocycles. The number of benzene rings is 1. The lowest BCUT2D eigenvalue weighted by Gasteiger charge is -2.30. The SMILES string of the molecule is CC(C)c1nnc([C@H]2CN(C(=O)c3cc4ccccc4o3)CCO2)o1. The third-order valence-corrected chi connectivity index (χ3v) is 4.22. The summed E-state index contributed by atoms with van der Waals surface area (Å²) in [5.74, 6) is 1.30. The second kappa shape index (κ2) is 6.33. The van der Waals surface area contributed by atoms with E-state index in [0.29, 0.717) is 42.8 Å². The Hall–Kier alpha value is -2.67. The van der Waals surface area contributed by atoms with Gasteiger partial charge in [-0.1, -0.05) is 32.0 Å². The van der Waals surface area contributed by atoms with Crippen LogP contribution < -0.4 is 0 Å². The zero-order chi connectivity index (χ0) is 17.4. The first-order valence-corrected chi connectivity index (χ1v) is 8.34. The number of nitrogens with zero attached hydrogens (tertiary/aromatic N) is 3. The van der Waals surface area contributed by atoms with Crippen molar-refractivity contribution < 1.29 is 18.4 Å². The number of hydrogen-bond donors (Lipinski definition) is 0. The Bertz CT molecular complexity index is 866. The highest BCUT2D eigenvalue weighted by Crippen LogP contribution is 2.26. The molecule has 3 heterocycles. The van der Waals surface area contributed by atoms with Crippen LogP contribution in [0.25, 0.3) is 11.0 Å². The van der Waals surface area contributed by atoms with E-state index < -0.39 is 6.10 Å². The lowest BCUT2D eigenvalue weighted by Crippen LogP contribution is -2.42. The second-order valence-electron chi connectivity index (χ2n) is 6.39. The van der Waals surface area contributed by atoms with Crippen molar-refractivity contribution in [1.29, 1.82) is 0 Å². The van der Waals surface area contributed by atoms with Crippen molar-refractivity contribution in [2.45, 2.75) is 25.9 Å². The van der Waals surface area contributed by atoms with Crippen LogP contribution in [0, 0.1) is 0 Å². The minimum absolute atomic E-state index is 0.151. The molecule has 130 valence electrons. The zero-order valence-electron chi connectivity index (χ0n) is 14.1. The largest absolute Gasteiger partial charge is 0.451 e. The summed E-state index contributed by atoms with van der Waals surface area (Å²) in [6, 6.07) is 9.33. The van der Waals surface area contributed by atoms with Gasteiger partial charge in [-0.3, -0.25) is 4.79 Å². The first kappa shape index (κ1) is 15.8. The zero-order valence-corrected chi connectivity index (χ0v) is 14.1. The third-order valence-electron chi connectivity index (χ3n) is 4.22. The van der Waals surface area contributed by atoms with E-state index in [1.165, 1.54) is 0 Å². The van der Waals surface area contributed by atoms with Gasteiger partial charge in [-0.05, 0) is 12.1 Å². The highest BCUT2D eigenvalue weighted by molar-refractivity contribution is 5.96. The molecule has 0 unspecified atom stereocenters. The van der Waals surface area contributed by atoms with Crippen molar-refractivity contribution in [3.8, 4) is 0 Å². The number of aromatic nitrogens is 2. The fourth-order valence-electron chi connectivity index (χ4n) is 2.84. The van der Waals surface area contributed by atoms with E-state index in [4.69, 9.17) is 13.6 Å². The maximum Gasteiger partial charge on any atom is 0.289 e. The van der Waals surface area contributed by atoms with Gasteiger partial charge in [0.05, 0.1) is 13.2 Å². The molecule has 1 aromatic carbocycles. The Labute approximate surface area is 144 Å². The van der Waals surface area contributed by atoms with Gasteiger partial charge in [-0.15, -0.1) is 10.2 Å². The summed E-state index contributed by atoms with van der Waals surface area (Å²) in [6.07, 6.45) is -0.415. The summed E-state index contributed by atoms with van der Waals surface area (Å²) in [6.45, 7) is 5.23. The maximum atomic E-state index is 12.8. The van der Waals surface area contributed by atoms with Crippen LogP contribution in [0.5, 0.6) is 0 Å². The van der Waals surface area contributed by atoms with Crippen molar-refractivity contribution in [3.05, 3.63) is 47.9 Å². The number of fused-ring (bicyclic) bond motifs is 1. The summed E-state index contributed by atoms with van der Waals surface area (Å²) < 4.78 is 17.0. The minimum atomic E-state index is -0.415. The monoisotopic (exact) mass is 341 g/mol. The predicted molar refractivity (Wildman–Crippen MR) is 89.2 cm³/mol. The Balaban J connectivity index is 1.52. The number of rotatable bonds is 3. The van der Waals surface area contributed by atoms with Gasteiger partial charge < -0.3 is 18.5 Å². The van der Waals surface area contributed by atoms with E-state index in [1.54, 1.807) is 11.0 Å². The Kier molecular flexibility index (Phi) is 4.01. The molecular formula is C18H19N3O4. The molecule has 2 aromatic heterocycles. The van der Waals surface area contributed by atoms with E-state index in [-0.39, 0.29) is 11.8 Å². The molecule has 0 radical (unpaired) electrons. The third kappa shape index (κ3) is 3.02. The molecule has 4 rings (SSSR count). The van der Waals surface area contributed by atoms with Gasteiger partial charge in [0.15, 0.2) is 11.9 Å². The van der Waals surface area contributed by atoms with Crippen LogP contribution in [0.4, 0.5) is 0 Å². The molecular weight excluding hydrogens is 322 g/mol. The lowest BCUT2D eigenvalue weighted by molar-refractivity contribution is -0.0358. The van der Waals surface area contributed by atoms with Crippen molar-refractivity contribution in [3.63, 3.8) is 0 Å². The van der Waals surface area contributed by atoms with Gasteiger partial charge in [0.1, 0.15) is 5.58 Å². The van der Waals surface area contributed by atoms with Crippen molar-refractivity contribution in [2.24, 2.45) is 0 Å². The molecule has 1 aliphatic rings. The molecule has 0 spiro atoms.